The minimum Gasteiger partial charge on any atom is -0.480 e. The summed E-state index contributed by atoms with van der Waals surface area (Å²) in [5, 5.41) is 21.4. The Morgan fingerprint density at radius 3 is 2.67 bits per heavy atom. The minimum atomic E-state index is -1.11. The average Bonchev–Trinajstić information content (AvgIpc) is 2.92. The summed E-state index contributed by atoms with van der Waals surface area (Å²) in [6.07, 6.45) is -0.744. The molecule has 2 rings (SSSR count). The van der Waals surface area contributed by atoms with Crippen molar-refractivity contribution in [3.63, 3.8) is 0 Å². The molecule has 1 aliphatic rings. The number of hydrogen-bond donors (Lipinski definition) is 3. The lowest BCUT2D eigenvalue weighted by Crippen LogP contribution is -2.46. The summed E-state index contributed by atoms with van der Waals surface area (Å²) >= 11 is 0. The van der Waals surface area contributed by atoms with Gasteiger partial charge in [0.2, 0.25) is 0 Å². The Morgan fingerprint density at radius 1 is 1.48 bits per heavy atom. The molecule has 1 aliphatic heterocycles. The number of carboxylic acid groups (broad SMARTS) is 1. The van der Waals surface area contributed by atoms with Gasteiger partial charge >= 0.3 is 12.0 Å². The van der Waals surface area contributed by atoms with Crippen LogP contribution in [0.15, 0.2) is 10.5 Å². The predicted molar refractivity (Wildman–Crippen MR) is 73.9 cm³/mol. The molecular weight excluding hydrogens is 276 g/mol. The largest absolute Gasteiger partial charge is 0.480 e. The number of urea groups is 1. The maximum absolute atomic E-state index is 12.2. The van der Waals surface area contributed by atoms with E-state index in [2.05, 4.69) is 5.32 Å². The topological polar surface area (TPSA) is 103 Å². The van der Waals surface area contributed by atoms with Crippen LogP contribution >= 0.6 is 0 Å². The van der Waals surface area contributed by atoms with Crippen molar-refractivity contribution in [3.05, 3.63) is 23.2 Å². The van der Waals surface area contributed by atoms with Gasteiger partial charge in [0.05, 0.1) is 12.1 Å². The van der Waals surface area contributed by atoms with Crippen LogP contribution in [0.1, 0.15) is 36.5 Å². The summed E-state index contributed by atoms with van der Waals surface area (Å²) < 4.78 is 5.42. The highest BCUT2D eigenvalue weighted by atomic mass is 16.4. The number of aliphatic carboxylic acids is 1. The van der Waals surface area contributed by atoms with Crippen LogP contribution in [0, 0.1) is 13.8 Å². The van der Waals surface area contributed by atoms with E-state index in [0.29, 0.717) is 0 Å². The molecule has 7 nitrogen and oxygen atoms in total. The van der Waals surface area contributed by atoms with Crippen molar-refractivity contribution in [1.29, 1.82) is 0 Å². The fraction of sp³-hybridized carbons (Fsp3) is 0.571. The molecule has 0 aromatic carbocycles. The van der Waals surface area contributed by atoms with Crippen molar-refractivity contribution in [1.82, 2.24) is 10.2 Å². The van der Waals surface area contributed by atoms with Crippen LogP contribution in [-0.2, 0) is 4.79 Å². The van der Waals surface area contributed by atoms with Crippen LogP contribution in [0.3, 0.4) is 0 Å². The first-order chi connectivity index (χ1) is 9.79. The second-order valence-electron chi connectivity index (χ2n) is 5.44. The Bertz CT molecular complexity index is 554. The van der Waals surface area contributed by atoms with E-state index in [0.717, 1.165) is 22.0 Å². The zero-order chi connectivity index (χ0) is 15.7. The number of nitrogens with one attached hydrogen (secondary N) is 1. The van der Waals surface area contributed by atoms with Gasteiger partial charge in [0.1, 0.15) is 17.6 Å². The highest BCUT2D eigenvalue weighted by Gasteiger charge is 2.39. The number of aryl methyl sites for hydroxylation is 2. The molecule has 2 heterocycles. The summed E-state index contributed by atoms with van der Waals surface area (Å²) in [6.45, 7) is 5.46. The fourth-order valence-electron chi connectivity index (χ4n) is 2.70. The SMILES string of the molecule is Cc1cc(C(C)NC(=O)N2C[C@H](O)C[C@@H]2C(=O)O)c(C)o1. The number of likely N-dealkylation sites (tertiary alicyclic amines) is 1. The van der Waals surface area contributed by atoms with E-state index in [1.807, 2.05) is 19.9 Å². The minimum absolute atomic E-state index is 0.0267. The van der Waals surface area contributed by atoms with Gasteiger partial charge in [-0.15, -0.1) is 0 Å². The summed E-state index contributed by atoms with van der Waals surface area (Å²) in [5.74, 6) is 0.366. The van der Waals surface area contributed by atoms with Gasteiger partial charge in [0.15, 0.2) is 0 Å². The third-order valence-corrected chi connectivity index (χ3v) is 3.71. The third kappa shape index (κ3) is 3.18. The van der Waals surface area contributed by atoms with Crippen molar-refractivity contribution >= 4 is 12.0 Å². The second-order valence-corrected chi connectivity index (χ2v) is 5.44. The number of aliphatic hydroxyl groups is 1. The van der Waals surface area contributed by atoms with Crippen LogP contribution in [0.25, 0.3) is 0 Å². The van der Waals surface area contributed by atoms with Gasteiger partial charge in [-0.25, -0.2) is 9.59 Å². The normalized spacial score (nSPS) is 23.1. The van der Waals surface area contributed by atoms with Gasteiger partial charge < -0.3 is 24.8 Å². The molecule has 7 heteroatoms. The number of nitrogens with zero attached hydrogens (tertiary/aromatic N) is 1. The monoisotopic (exact) mass is 296 g/mol. The van der Waals surface area contributed by atoms with Gasteiger partial charge in [0, 0.05) is 18.5 Å². The van der Waals surface area contributed by atoms with E-state index in [4.69, 9.17) is 9.52 Å². The molecule has 116 valence electrons. The Hall–Kier alpha value is -2.02. The van der Waals surface area contributed by atoms with Crippen LogP contribution < -0.4 is 5.32 Å². The molecule has 0 aliphatic carbocycles. The first kappa shape index (κ1) is 15.4. The molecule has 0 radical (unpaired) electrons. The molecule has 2 amide bonds. The van der Waals surface area contributed by atoms with E-state index in [1.165, 1.54) is 0 Å². The molecule has 1 fully saturated rings. The predicted octanol–water partition coefficient (Wildman–Crippen LogP) is 1.19. The average molecular weight is 296 g/mol. The van der Waals surface area contributed by atoms with E-state index >= 15 is 0 Å². The number of β-amino-alcohol motifs (C(OH)–C–C–N with tert-alkyl or cyclic N) is 1. The molecule has 1 aromatic heterocycles. The highest BCUT2D eigenvalue weighted by Crippen LogP contribution is 2.23. The lowest BCUT2D eigenvalue weighted by atomic mass is 10.1. The zero-order valence-corrected chi connectivity index (χ0v) is 12.3. The van der Waals surface area contributed by atoms with E-state index in [9.17, 15) is 14.7 Å². The van der Waals surface area contributed by atoms with Crippen LogP contribution in [0.4, 0.5) is 4.79 Å². The lowest BCUT2D eigenvalue weighted by molar-refractivity contribution is -0.141. The fourth-order valence-corrected chi connectivity index (χ4v) is 2.70. The summed E-state index contributed by atoms with van der Waals surface area (Å²) in [5.41, 5.74) is 0.854. The van der Waals surface area contributed by atoms with Crippen molar-refractivity contribution in [2.45, 2.75) is 45.4 Å². The number of amides is 2. The number of carbonyl (C=O) groups excluding carboxylic acids is 1. The first-order valence-corrected chi connectivity index (χ1v) is 6.84. The van der Waals surface area contributed by atoms with E-state index in [-0.39, 0.29) is 19.0 Å². The zero-order valence-electron chi connectivity index (χ0n) is 12.3. The number of furan rings is 1. The smallest absolute Gasteiger partial charge is 0.326 e. The summed E-state index contributed by atoms with van der Waals surface area (Å²) in [4.78, 5) is 24.5. The Morgan fingerprint density at radius 2 is 2.14 bits per heavy atom. The molecule has 1 unspecified atom stereocenters. The van der Waals surface area contributed by atoms with Gasteiger partial charge in [-0.3, -0.25) is 0 Å². The van der Waals surface area contributed by atoms with Gasteiger partial charge in [0.25, 0.3) is 0 Å². The highest BCUT2D eigenvalue weighted by molar-refractivity contribution is 5.83. The number of carbonyl (C=O) groups is 2. The van der Waals surface area contributed by atoms with E-state index < -0.39 is 24.1 Å². The van der Waals surface area contributed by atoms with Crippen molar-refractivity contribution in [2.75, 3.05) is 6.54 Å². The van der Waals surface area contributed by atoms with Crippen molar-refractivity contribution in [3.8, 4) is 0 Å². The maximum atomic E-state index is 12.2. The molecule has 0 spiro atoms. The molecule has 0 saturated carbocycles. The van der Waals surface area contributed by atoms with Gasteiger partial charge in [-0.1, -0.05) is 0 Å². The number of carboxylic acids is 1. The molecule has 1 saturated heterocycles. The standard InChI is InChI=1S/C14H20N2O5/c1-7-4-11(9(3)21-7)8(2)15-14(20)16-6-10(17)5-12(16)13(18)19/h4,8,10,12,17H,5-6H2,1-3H3,(H,15,20)(H,18,19)/t8?,10-,12-/m1/s1. The van der Waals surface area contributed by atoms with Gasteiger partial charge in [-0.2, -0.15) is 0 Å². The summed E-state index contributed by atoms with van der Waals surface area (Å²) in [7, 11) is 0. The molecular formula is C14H20N2O5. The molecule has 0 bridgehead atoms. The molecule has 3 atom stereocenters. The second kappa shape index (κ2) is 5.77. The Balaban J connectivity index is 2.07. The van der Waals surface area contributed by atoms with Crippen LogP contribution in [0.2, 0.25) is 0 Å². The summed E-state index contributed by atoms with van der Waals surface area (Å²) in [6, 6.07) is 0.0552. The number of aliphatic hydroxyl groups excluding tert-OH is 1. The maximum Gasteiger partial charge on any atom is 0.326 e. The molecule has 3 N–H and O–H groups in total. The number of hydrogen-bond acceptors (Lipinski definition) is 4. The third-order valence-electron chi connectivity index (χ3n) is 3.71. The first-order valence-electron chi connectivity index (χ1n) is 6.84. The Labute approximate surface area is 122 Å². The molecule has 1 aromatic rings. The van der Waals surface area contributed by atoms with Crippen LogP contribution in [0.5, 0.6) is 0 Å². The van der Waals surface area contributed by atoms with Crippen molar-refractivity contribution in [2.24, 2.45) is 0 Å². The molecule has 21 heavy (non-hydrogen) atoms. The quantitative estimate of drug-likeness (QED) is 0.777. The van der Waals surface area contributed by atoms with E-state index in [1.54, 1.807) is 6.92 Å². The lowest BCUT2D eigenvalue weighted by Gasteiger charge is -2.24. The Kier molecular flexibility index (Phi) is 4.22. The van der Waals surface area contributed by atoms with Crippen molar-refractivity contribution < 1.29 is 24.2 Å². The van der Waals surface area contributed by atoms with Gasteiger partial charge in [-0.05, 0) is 26.8 Å². The van der Waals surface area contributed by atoms with Crippen LogP contribution in [-0.4, -0.2) is 45.8 Å². The number of rotatable bonds is 3.